The Hall–Kier alpha value is -0.160. The highest BCUT2D eigenvalue weighted by Gasteiger charge is 2.31. The van der Waals surface area contributed by atoms with E-state index < -0.39 is 0 Å². The largest absolute Gasteiger partial charge is 0.344 e. The van der Waals surface area contributed by atoms with Crippen molar-refractivity contribution < 1.29 is 0 Å². The minimum atomic E-state index is 0. The van der Waals surface area contributed by atoms with Crippen LogP contribution in [0.15, 0.2) is 0 Å². The van der Waals surface area contributed by atoms with Crippen molar-refractivity contribution in [2.24, 2.45) is 29.4 Å². The van der Waals surface area contributed by atoms with Crippen LogP contribution in [0.1, 0.15) is 79.1 Å². The van der Waals surface area contributed by atoms with Crippen molar-refractivity contribution in [3.63, 3.8) is 0 Å². The first kappa shape index (κ1) is 22.8. The van der Waals surface area contributed by atoms with Gasteiger partial charge in [-0.25, -0.2) is 0 Å². The molecule has 0 radical (unpaired) electrons. The molecule has 7 atom stereocenters. The van der Waals surface area contributed by atoms with Crippen molar-refractivity contribution in [1.29, 1.82) is 0 Å². The normalized spacial score (nSPS) is 39.0. The summed E-state index contributed by atoms with van der Waals surface area (Å²) in [6.07, 6.45) is 11.0. The molecule has 4 nitrogen and oxygen atoms in total. The van der Waals surface area contributed by atoms with E-state index in [0.29, 0.717) is 12.1 Å². The SMILES string of the molecule is CCC(C)NC1CCC(CC2CCC(N)C(C)C2)CC1C.N.N. The van der Waals surface area contributed by atoms with E-state index in [0.717, 1.165) is 29.7 Å². The van der Waals surface area contributed by atoms with Crippen molar-refractivity contribution in [3.05, 3.63) is 0 Å². The van der Waals surface area contributed by atoms with Crippen LogP contribution in [0.2, 0.25) is 0 Å². The Morgan fingerprint density at radius 1 is 0.957 bits per heavy atom. The van der Waals surface area contributed by atoms with E-state index in [-0.39, 0.29) is 12.3 Å². The molecule has 9 N–H and O–H groups in total. The monoisotopic (exact) mass is 328 g/mol. The summed E-state index contributed by atoms with van der Waals surface area (Å²) >= 11 is 0. The van der Waals surface area contributed by atoms with E-state index in [1.807, 2.05) is 0 Å². The number of hydrogen-bond acceptors (Lipinski definition) is 4. The van der Waals surface area contributed by atoms with Gasteiger partial charge >= 0.3 is 0 Å². The summed E-state index contributed by atoms with van der Waals surface area (Å²) in [6.45, 7) is 9.42. The first-order chi connectivity index (χ1) is 9.99. The molecule has 0 bridgehead atoms. The quantitative estimate of drug-likeness (QED) is 0.588. The van der Waals surface area contributed by atoms with Gasteiger partial charge < -0.3 is 23.4 Å². The number of nitrogens with one attached hydrogen (secondary N) is 1. The highest BCUT2D eigenvalue weighted by atomic mass is 14.9. The minimum absolute atomic E-state index is 0. The van der Waals surface area contributed by atoms with Crippen LogP contribution >= 0.6 is 0 Å². The highest BCUT2D eigenvalue weighted by Crippen LogP contribution is 2.38. The Morgan fingerprint density at radius 2 is 1.52 bits per heavy atom. The van der Waals surface area contributed by atoms with Crippen molar-refractivity contribution in [1.82, 2.24) is 17.6 Å². The van der Waals surface area contributed by atoms with Gasteiger partial charge in [0, 0.05) is 18.1 Å². The van der Waals surface area contributed by atoms with Crippen LogP contribution in [-0.4, -0.2) is 18.1 Å². The molecule has 2 rings (SSSR count). The lowest BCUT2D eigenvalue weighted by molar-refractivity contribution is 0.153. The third kappa shape index (κ3) is 6.69. The number of rotatable bonds is 5. The summed E-state index contributed by atoms with van der Waals surface area (Å²) in [7, 11) is 0. The second-order valence-electron chi connectivity index (χ2n) is 8.29. The molecule has 2 aliphatic rings. The zero-order valence-electron chi connectivity index (χ0n) is 16.2. The fourth-order valence-electron chi connectivity index (χ4n) is 4.67. The van der Waals surface area contributed by atoms with Crippen LogP contribution in [0, 0.1) is 23.7 Å². The molecular weight excluding hydrogens is 284 g/mol. The molecule has 0 saturated heterocycles. The van der Waals surface area contributed by atoms with E-state index in [4.69, 9.17) is 5.73 Å². The molecule has 2 fully saturated rings. The van der Waals surface area contributed by atoms with Gasteiger partial charge in [0.2, 0.25) is 0 Å². The average molecular weight is 329 g/mol. The van der Waals surface area contributed by atoms with Crippen LogP contribution in [0.5, 0.6) is 0 Å². The van der Waals surface area contributed by atoms with Gasteiger partial charge in [0.1, 0.15) is 0 Å². The smallest absolute Gasteiger partial charge is 0.00953 e. The third-order valence-electron chi connectivity index (χ3n) is 6.40. The topological polar surface area (TPSA) is 108 Å². The standard InChI is InChI=1S/C19H38N2.2H3N/c1-5-15(4)21-19-9-7-17(11-14(19)3)12-16-6-8-18(20)13(2)10-16;;/h13-19,21H,5-12,20H2,1-4H3;2*1H3. The van der Waals surface area contributed by atoms with Gasteiger partial charge in [-0.2, -0.15) is 0 Å². The summed E-state index contributed by atoms with van der Waals surface area (Å²) in [5, 5.41) is 3.84. The molecule has 2 aliphatic carbocycles. The van der Waals surface area contributed by atoms with Crippen LogP contribution < -0.4 is 23.4 Å². The van der Waals surface area contributed by atoms with E-state index in [1.54, 1.807) is 0 Å². The molecule has 0 aromatic carbocycles. The minimum Gasteiger partial charge on any atom is -0.344 e. The molecule has 4 heteroatoms. The lowest BCUT2D eigenvalue weighted by Crippen LogP contribution is -2.44. The van der Waals surface area contributed by atoms with Crippen molar-refractivity contribution in [3.8, 4) is 0 Å². The number of nitrogens with two attached hydrogens (primary N) is 1. The fourth-order valence-corrected chi connectivity index (χ4v) is 4.67. The van der Waals surface area contributed by atoms with E-state index in [2.05, 4.69) is 33.0 Å². The highest BCUT2D eigenvalue weighted by molar-refractivity contribution is 4.87. The zero-order chi connectivity index (χ0) is 15.4. The van der Waals surface area contributed by atoms with Crippen molar-refractivity contribution in [2.75, 3.05) is 0 Å². The third-order valence-corrected chi connectivity index (χ3v) is 6.40. The predicted octanol–water partition coefficient (Wildman–Crippen LogP) is 4.66. The van der Waals surface area contributed by atoms with Gasteiger partial charge in [0.15, 0.2) is 0 Å². The second-order valence-corrected chi connectivity index (χ2v) is 8.29. The van der Waals surface area contributed by atoms with Gasteiger partial charge in [-0.3, -0.25) is 0 Å². The maximum atomic E-state index is 6.17. The van der Waals surface area contributed by atoms with Gasteiger partial charge in [-0.15, -0.1) is 0 Å². The van der Waals surface area contributed by atoms with Crippen LogP contribution in [0.25, 0.3) is 0 Å². The molecule has 2 saturated carbocycles. The summed E-state index contributed by atoms with van der Waals surface area (Å²) in [6, 6.07) is 1.90. The van der Waals surface area contributed by atoms with Crippen molar-refractivity contribution in [2.45, 2.75) is 97.2 Å². The summed E-state index contributed by atoms with van der Waals surface area (Å²) in [5.41, 5.74) is 6.17. The Kier molecular flexibility index (Phi) is 10.6. The Morgan fingerprint density at radius 3 is 2.04 bits per heavy atom. The van der Waals surface area contributed by atoms with E-state index >= 15 is 0 Å². The zero-order valence-corrected chi connectivity index (χ0v) is 16.2. The molecule has 7 unspecified atom stereocenters. The molecule has 0 spiro atoms. The van der Waals surface area contributed by atoms with Gasteiger partial charge in [0.25, 0.3) is 0 Å². The van der Waals surface area contributed by atoms with Gasteiger partial charge in [-0.05, 0) is 82.0 Å². The summed E-state index contributed by atoms with van der Waals surface area (Å²) in [4.78, 5) is 0. The second kappa shape index (κ2) is 10.7. The fraction of sp³-hybridized carbons (Fsp3) is 1.00. The van der Waals surface area contributed by atoms with Crippen LogP contribution in [0.4, 0.5) is 0 Å². The van der Waals surface area contributed by atoms with E-state index in [1.165, 1.54) is 51.4 Å². The van der Waals surface area contributed by atoms with Crippen LogP contribution in [-0.2, 0) is 0 Å². The Bertz CT molecular complexity index is 310. The maximum Gasteiger partial charge on any atom is 0.00953 e. The van der Waals surface area contributed by atoms with E-state index in [9.17, 15) is 0 Å². The molecule has 0 aromatic heterocycles. The molecule has 0 aliphatic heterocycles. The summed E-state index contributed by atoms with van der Waals surface area (Å²) in [5.74, 6) is 3.52. The predicted molar refractivity (Wildman–Crippen MR) is 102 cm³/mol. The lowest BCUT2D eigenvalue weighted by Gasteiger charge is -2.39. The molecule has 0 aromatic rings. The van der Waals surface area contributed by atoms with Gasteiger partial charge in [0.05, 0.1) is 0 Å². The average Bonchev–Trinajstić information content (AvgIpc) is 2.45. The molecule has 23 heavy (non-hydrogen) atoms. The van der Waals surface area contributed by atoms with Crippen LogP contribution in [0.3, 0.4) is 0 Å². The number of hydrogen-bond donors (Lipinski definition) is 4. The molecule has 0 heterocycles. The lowest BCUT2D eigenvalue weighted by atomic mass is 9.70. The summed E-state index contributed by atoms with van der Waals surface area (Å²) < 4.78 is 0. The first-order valence-electron chi connectivity index (χ1n) is 9.51. The van der Waals surface area contributed by atoms with Gasteiger partial charge in [-0.1, -0.05) is 20.8 Å². The Balaban J connectivity index is 0.00000242. The molecule has 0 amide bonds. The van der Waals surface area contributed by atoms with Crippen molar-refractivity contribution >= 4 is 0 Å². The maximum absolute atomic E-state index is 6.17. The molecular formula is C19H44N4. The molecule has 140 valence electrons. The Labute approximate surface area is 144 Å². The first-order valence-corrected chi connectivity index (χ1v) is 9.51.